The van der Waals surface area contributed by atoms with Crippen LogP contribution in [0.5, 0.6) is 0 Å². The van der Waals surface area contributed by atoms with Crippen LogP contribution in [-0.4, -0.2) is 20.4 Å². The predicted molar refractivity (Wildman–Crippen MR) is 108 cm³/mol. The van der Waals surface area contributed by atoms with Gasteiger partial charge in [-0.3, -0.25) is 4.79 Å². The average Bonchev–Trinajstić information content (AvgIpc) is 3.37. The molecule has 29 heavy (non-hydrogen) atoms. The highest BCUT2D eigenvalue weighted by atomic mass is 19.1. The van der Waals surface area contributed by atoms with Gasteiger partial charge in [-0.15, -0.1) is 0 Å². The molecule has 2 heterocycles. The number of benzene rings is 2. The monoisotopic (exact) mass is 386 g/mol. The molecule has 0 radical (unpaired) electrons. The Morgan fingerprint density at radius 3 is 2.62 bits per heavy atom. The summed E-state index contributed by atoms with van der Waals surface area (Å²) in [5.74, 6) is 1.01. The molecule has 0 atom stereocenters. The van der Waals surface area contributed by atoms with Crippen molar-refractivity contribution < 1.29 is 9.18 Å². The lowest BCUT2D eigenvalue weighted by Gasteiger charge is -2.18. The number of carbonyl (C=O) groups excluding carboxylic acids is 1. The van der Waals surface area contributed by atoms with Crippen molar-refractivity contribution in [2.75, 3.05) is 0 Å². The topological polar surface area (TPSA) is 59.8 Å². The largest absolute Gasteiger partial charge is 0.343 e. The van der Waals surface area contributed by atoms with Crippen molar-refractivity contribution in [3.05, 3.63) is 89.8 Å². The number of hydrogen-bond acceptors (Lipinski definition) is 3. The van der Waals surface area contributed by atoms with Crippen LogP contribution in [0.15, 0.2) is 67.0 Å². The minimum atomic E-state index is -0.354. The summed E-state index contributed by atoms with van der Waals surface area (Å²) in [4.78, 5) is 21.3. The van der Waals surface area contributed by atoms with Gasteiger partial charge in [0.2, 0.25) is 0 Å². The summed E-state index contributed by atoms with van der Waals surface area (Å²) in [6.45, 7) is 1.87. The molecule has 1 fully saturated rings. The highest BCUT2D eigenvalue weighted by Crippen LogP contribution is 2.46. The molecule has 0 unspecified atom stereocenters. The molecule has 5 nitrogen and oxygen atoms in total. The molecule has 1 aliphatic carbocycles. The van der Waals surface area contributed by atoms with Crippen molar-refractivity contribution >= 4 is 16.8 Å². The molecular weight excluding hydrogens is 367 g/mol. The molecule has 1 amide bonds. The summed E-state index contributed by atoms with van der Waals surface area (Å²) in [5.41, 5.74) is 2.24. The first-order chi connectivity index (χ1) is 14.0. The van der Waals surface area contributed by atoms with E-state index in [4.69, 9.17) is 0 Å². The van der Waals surface area contributed by atoms with Crippen molar-refractivity contribution in [1.29, 1.82) is 0 Å². The zero-order valence-electron chi connectivity index (χ0n) is 15.9. The second-order valence-electron chi connectivity index (χ2n) is 7.46. The number of carbonyl (C=O) groups is 1. The van der Waals surface area contributed by atoms with E-state index >= 15 is 0 Å². The zero-order valence-corrected chi connectivity index (χ0v) is 15.9. The Balaban J connectivity index is 1.45. The summed E-state index contributed by atoms with van der Waals surface area (Å²) in [6.07, 6.45) is 5.52. The number of aryl methyl sites for hydroxylation is 1. The van der Waals surface area contributed by atoms with Gasteiger partial charge in [0.1, 0.15) is 17.5 Å². The fourth-order valence-corrected chi connectivity index (χ4v) is 3.72. The maximum atomic E-state index is 13.1. The molecule has 144 valence electrons. The number of fused-ring (bicyclic) bond motifs is 1. The third-order valence-electron chi connectivity index (χ3n) is 5.46. The number of rotatable bonds is 4. The SMILES string of the molecule is Cc1nccc(-n2ccc3cc(C4(NC(=O)c5ccc(F)cc5)CC4)ccc32)n1. The maximum absolute atomic E-state index is 13.1. The van der Waals surface area contributed by atoms with E-state index in [-0.39, 0.29) is 17.3 Å². The van der Waals surface area contributed by atoms with Gasteiger partial charge in [-0.1, -0.05) is 6.07 Å². The van der Waals surface area contributed by atoms with E-state index in [1.807, 2.05) is 29.8 Å². The summed E-state index contributed by atoms with van der Waals surface area (Å²) < 4.78 is 15.2. The van der Waals surface area contributed by atoms with Crippen LogP contribution < -0.4 is 5.32 Å². The molecule has 1 N–H and O–H groups in total. The van der Waals surface area contributed by atoms with E-state index in [2.05, 4.69) is 33.5 Å². The van der Waals surface area contributed by atoms with E-state index < -0.39 is 0 Å². The normalized spacial score (nSPS) is 14.7. The van der Waals surface area contributed by atoms with E-state index in [9.17, 15) is 9.18 Å². The van der Waals surface area contributed by atoms with Crippen molar-refractivity contribution in [2.45, 2.75) is 25.3 Å². The predicted octanol–water partition coefficient (Wildman–Crippen LogP) is 4.29. The molecule has 2 aromatic heterocycles. The molecule has 4 aromatic rings. The standard InChI is InChI=1S/C23H19FN4O/c1-15-25-12-8-21(26-15)28-13-9-17-14-18(4-7-20(17)28)23(10-11-23)27-22(29)16-2-5-19(24)6-3-16/h2-9,12-14H,10-11H2,1H3,(H,27,29). The minimum absolute atomic E-state index is 0.184. The Labute approximate surface area is 167 Å². The second-order valence-corrected chi connectivity index (χ2v) is 7.46. The van der Waals surface area contributed by atoms with Crippen LogP contribution in [0.4, 0.5) is 4.39 Å². The lowest BCUT2D eigenvalue weighted by molar-refractivity contribution is 0.0931. The van der Waals surface area contributed by atoms with Gasteiger partial charge in [-0.2, -0.15) is 0 Å². The molecule has 0 aliphatic heterocycles. The Hall–Kier alpha value is -3.54. The van der Waals surface area contributed by atoms with Gasteiger partial charge in [0.25, 0.3) is 5.91 Å². The van der Waals surface area contributed by atoms with Crippen molar-refractivity contribution in [3.8, 4) is 5.82 Å². The lowest BCUT2D eigenvalue weighted by Crippen LogP contribution is -2.34. The van der Waals surface area contributed by atoms with Crippen molar-refractivity contribution in [3.63, 3.8) is 0 Å². The Bertz CT molecular complexity index is 1230. The Kier molecular flexibility index (Phi) is 3.94. The average molecular weight is 386 g/mol. The number of nitrogens with zero attached hydrogens (tertiary/aromatic N) is 3. The van der Waals surface area contributed by atoms with E-state index in [1.54, 1.807) is 6.20 Å². The van der Waals surface area contributed by atoms with Gasteiger partial charge in [0, 0.05) is 23.3 Å². The van der Waals surface area contributed by atoms with Gasteiger partial charge in [0.15, 0.2) is 0 Å². The van der Waals surface area contributed by atoms with Crippen molar-refractivity contribution in [1.82, 2.24) is 19.9 Å². The van der Waals surface area contributed by atoms with E-state index in [1.165, 1.54) is 24.3 Å². The fraction of sp³-hybridized carbons (Fsp3) is 0.174. The third kappa shape index (κ3) is 3.16. The molecule has 6 heteroatoms. The van der Waals surface area contributed by atoms with Gasteiger partial charge >= 0.3 is 0 Å². The van der Waals surface area contributed by atoms with Crippen LogP contribution in [-0.2, 0) is 5.54 Å². The highest BCUT2D eigenvalue weighted by molar-refractivity contribution is 5.95. The number of aromatic nitrogens is 3. The van der Waals surface area contributed by atoms with Crippen LogP contribution in [0, 0.1) is 12.7 Å². The first-order valence-corrected chi connectivity index (χ1v) is 9.54. The molecule has 1 saturated carbocycles. The van der Waals surface area contributed by atoms with Gasteiger partial charge in [-0.25, -0.2) is 14.4 Å². The summed E-state index contributed by atoms with van der Waals surface area (Å²) in [5, 5.41) is 4.23. The van der Waals surface area contributed by atoms with Crippen LogP contribution in [0.2, 0.25) is 0 Å². The smallest absolute Gasteiger partial charge is 0.251 e. The molecule has 0 saturated heterocycles. The second kappa shape index (κ2) is 6.51. The number of halogens is 1. The van der Waals surface area contributed by atoms with Gasteiger partial charge < -0.3 is 9.88 Å². The summed E-state index contributed by atoms with van der Waals surface area (Å²) in [6, 6.07) is 15.8. The van der Waals surface area contributed by atoms with Crippen LogP contribution in [0.25, 0.3) is 16.7 Å². The Morgan fingerprint density at radius 1 is 1.10 bits per heavy atom. The molecular formula is C23H19FN4O. The number of amides is 1. The number of nitrogens with one attached hydrogen (secondary N) is 1. The fourth-order valence-electron chi connectivity index (χ4n) is 3.72. The first-order valence-electron chi connectivity index (χ1n) is 9.54. The summed E-state index contributed by atoms with van der Waals surface area (Å²) >= 11 is 0. The number of hydrogen-bond donors (Lipinski definition) is 1. The van der Waals surface area contributed by atoms with Crippen LogP contribution in [0.3, 0.4) is 0 Å². The third-order valence-corrected chi connectivity index (χ3v) is 5.46. The van der Waals surface area contributed by atoms with E-state index in [0.717, 1.165) is 41.0 Å². The molecule has 5 rings (SSSR count). The lowest BCUT2D eigenvalue weighted by atomic mass is 10.0. The minimum Gasteiger partial charge on any atom is -0.343 e. The molecule has 0 spiro atoms. The molecule has 1 aliphatic rings. The Morgan fingerprint density at radius 2 is 1.90 bits per heavy atom. The van der Waals surface area contributed by atoms with Crippen LogP contribution in [0.1, 0.15) is 34.6 Å². The first kappa shape index (κ1) is 17.6. The highest BCUT2D eigenvalue weighted by Gasteiger charge is 2.45. The maximum Gasteiger partial charge on any atom is 0.251 e. The molecule has 2 aromatic carbocycles. The van der Waals surface area contributed by atoms with Crippen molar-refractivity contribution in [2.24, 2.45) is 0 Å². The summed E-state index contributed by atoms with van der Waals surface area (Å²) in [7, 11) is 0. The van der Waals surface area contributed by atoms with Gasteiger partial charge in [0.05, 0.1) is 11.1 Å². The van der Waals surface area contributed by atoms with Gasteiger partial charge in [-0.05, 0) is 73.9 Å². The zero-order chi connectivity index (χ0) is 20.0. The quantitative estimate of drug-likeness (QED) is 0.569. The molecule has 0 bridgehead atoms. The van der Waals surface area contributed by atoms with E-state index in [0.29, 0.717) is 5.56 Å². The van der Waals surface area contributed by atoms with Crippen LogP contribution >= 0.6 is 0 Å².